The van der Waals surface area contributed by atoms with Crippen LogP contribution in [-0.4, -0.2) is 13.0 Å². The van der Waals surface area contributed by atoms with Gasteiger partial charge in [-0.15, -0.1) is 0 Å². The van der Waals surface area contributed by atoms with Crippen molar-refractivity contribution in [2.24, 2.45) is 0 Å². The second-order valence-electron chi connectivity index (χ2n) is 7.91. The van der Waals surface area contributed by atoms with Crippen LogP contribution in [-0.2, 0) is 16.6 Å². The zero-order valence-corrected chi connectivity index (χ0v) is 20.3. The van der Waals surface area contributed by atoms with Gasteiger partial charge in [-0.05, 0) is 67.8 Å². The van der Waals surface area contributed by atoms with E-state index in [-0.39, 0.29) is 15.8 Å². The summed E-state index contributed by atoms with van der Waals surface area (Å²) in [6.07, 6.45) is 0. The number of aryl methyl sites for hydroxylation is 2. The summed E-state index contributed by atoms with van der Waals surface area (Å²) in [7, 11) is -3.77. The lowest BCUT2D eigenvalue weighted by Gasteiger charge is -2.17. The van der Waals surface area contributed by atoms with Gasteiger partial charge in [0.25, 0.3) is 0 Å². The van der Waals surface area contributed by atoms with Crippen LogP contribution in [0.25, 0.3) is 10.2 Å². The molecule has 0 amide bonds. The predicted octanol–water partition coefficient (Wildman–Crippen LogP) is 5.42. The number of fused-ring (bicyclic) bond motifs is 1. The van der Waals surface area contributed by atoms with Gasteiger partial charge in [-0.1, -0.05) is 58.8 Å². The maximum atomic E-state index is 13.1. The molecule has 32 heavy (non-hydrogen) atoms. The SMILES string of the molecule is Cc1ccc(C)c([C@@H](C)NS(=O)(=O)c2ccc3c(c2)sc(=O)n3Cc2ccc(Cl)cc2)c1. The molecule has 1 N–H and O–H groups in total. The second-order valence-corrected chi connectivity index (χ2v) is 11.1. The van der Waals surface area contributed by atoms with Crippen molar-refractivity contribution in [2.45, 2.75) is 38.3 Å². The highest BCUT2D eigenvalue weighted by Gasteiger charge is 2.21. The molecule has 0 aliphatic rings. The molecule has 1 atom stereocenters. The van der Waals surface area contributed by atoms with Crippen LogP contribution in [0.15, 0.2) is 70.4 Å². The summed E-state index contributed by atoms with van der Waals surface area (Å²) in [6, 6.07) is 17.7. The van der Waals surface area contributed by atoms with Gasteiger partial charge in [0.1, 0.15) is 0 Å². The highest BCUT2D eigenvalue weighted by molar-refractivity contribution is 7.89. The first-order valence-electron chi connectivity index (χ1n) is 10.1. The van der Waals surface area contributed by atoms with Crippen LogP contribution in [0.3, 0.4) is 0 Å². The first kappa shape index (κ1) is 22.7. The van der Waals surface area contributed by atoms with Gasteiger partial charge in [-0.2, -0.15) is 0 Å². The predicted molar refractivity (Wildman–Crippen MR) is 131 cm³/mol. The third-order valence-corrected chi connectivity index (χ3v) is 8.17. The summed E-state index contributed by atoms with van der Waals surface area (Å²) >= 11 is 6.98. The lowest BCUT2D eigenvalue weighted by molar-refractivity contribution is 0.566. The third kappa shape index (κ3) is 4.66. The Bertz CT molecular complexity index is 1460. The molecule has 1 aromatic heterocycles. The Morgan fingerprint density at radius 2 is 1.75 bits per heavy atom. The Hall–Kier alpha value is -2.45. The van der Waals surface area contributed by atoms with Gasteiger partial charge in [-0.3, -0.25) is 9.36 Å². The van der Waals surface area contributed by atoms with Crippen molar-refractivity contribution in [3.63, 3.8) is 0 Å². The monoisotopic (exact) mass is 486 g/mol. The summed E-state index contributed by atoms with van der Waals surface area (Å²) in [5, 5.41) is 0.633. The zero-order valence-electron chi connectivity index (χ0n) is 17.9. The normalized spacial score (nSPS) is 12.9. The van der Waals surface area contributed by atoms with E-state index in [9.17, 15) is 13.2 Å². The number of thiazole rings is 1. The lowest BCUT2D eigenvalue weighted by atomic mass is 10.0. The molecule has 0 bridgehead atoms. The van der Waals surface area contributed by atoms with Crippen molar-refractivity contribution in [1.82, 2.24) is 9.29 Å². The minimum Gasteiger partial charge on any atom is -0.294 e. The number of benzene rings is 3. The summed E-state index contributed by atoms with van der Waals surface area (Å²) in [4.78, 5) is 12.6. The van der Waals surface area contributed by atoms with E-state index in [0.717, 1.165) is 33.6 Å². The van der Waals surface area contributed by atoms with Gasteiger partial charge in [0.15, 0.2) is 0 Å². The molecule has 1 heterocycles. The Kier molecular flexibility index (Phi) is 6.27. The molecule has 166 valence electrons. The molecule has 0 aliphatic heterocycles. The van der Waals surface area contributed by atoms with Crippen LogP contribution in [0.4, 0.5) is 0 Å². The summed E-state index contributed by atoms with van der Waals surface area (Å²) in [5.74, 6) is 0. The van der Waals surface area contributed by atoms with Gasteiger partial charge in [0.2, 0.25) is 10.0 Å². The van der Waals surface area contributed by atoms with Crippen molar-refractivity contribution in [3.05, 3.63) is 97.6 Å². The maximum Gasteiger partial charge on any atom is 0.308 e. The number of rotatable bonds is 6. The fourth-order valence-corrected chi connectivity index (χ4v) is 6.11. The first-order chi connectivity index (χ1) is 15.1. The summed E-state index contributed by atoms with van der Waals surface area (Å²) in [6.45, 7) is 6.17. The molecule has 0 aliphatic carbocycles. The van der Waals surface area contributed by atoms with E-state index < -0.39 is 10.0 Å². The molecule has 0 unspecified atom stereocenters. The molecule has 0 radical (unpaired) electrons. The van der Waals surface area contributed by atoms with E-state index in [4.69, 9.17) is 11.6 Å². The third-order valence-electron chi connectivity index (χ3n) is 5.44. The van der Waals surface area contributed by atoms with E-state index in [1.165, 1.54) is 0 Å². The van der Waals surface area contributed by atoms with Gasteiger partial charge in [0, 0.05) is 11.1 Å². The highest BCUT2D eigenvalue weighted by atomic mass is 35.5. The fraction of sp³-hybridized carbons (Fsp3) is 0.208. The van der Waals surface area contributed by atoms with Gasteiger partial charge in [-0.25, -0.2) is 13.1 Å². The van der Waals surface area contributed by atoms with Crippen molar-refractivity contribution in [3.8, 4) is 0 Å². The van der Waals surface area contributed by atoms with Gasteiger partial charge in [0.05, 0.1) is 21.7 Å². The van der Waals surface area contributed by atoms with Crippen LogP contribution in [0.1, 0.15) is 35.2 Å². The lowest BCUT2D eigenvalue weighted by Crippen LogP contribution is -2.27. The molecule has 0 spiro atoms. The molecule has 0 fully saturated rings. The number of hydrogen-bond donors (Lipinski definition) is 1. The minimum absolute atomic E-state index is 0.138. The minimum atomic E-state index is -3.77. The number of sulfonamides is 1. The summed E-state index contributed by atoms with van der Waals surface area (Å²) in [5.41, 5.74) is 4.69. The van der Waals surface area contributed by atoms with Crippen LogP contribution in [0, 0.1) is 13.8 Å². The molecule has 0 saturated carbocycles. The number of nitrogens with one attached hydrogen (secondary N) is 1. The molecule has 0 saturated heterocycles. The van der Waals surface area contributed by atoms with Crippen molar-refractivity contribution in [2.75, 3.05) is 0 Å². The first-order valence-corrected chi connectivity index (χ1v) is 12.8. The van der Waals surface area contributed by atoms with Crippen LogP contribution >= 0.6 is 22.9 Å². The smallest absolute Gasteiger partial charge is 0.294 e. The molecule has 5 nitrogen and oxygen atoms in total. The number of aromatic nitrogens is 1. The second kappa shape index (κ2) is 8.83. The van der Waals surface area contributed by atoms with Gasteiger partial charge >= 0.3 is 4.87 Å². The Morgan fingerprint density at radius 3 is 2.47 bits per heavy atom. The quantitative estimate of drug-likeness (QED) is 0.395. The number of nitrogens with zero attached hydrogens (tertiary/aromatic N) is 1. The average molecular weight is 487 g/mol. The number of hydrogen-bond acceptors (Lipinski definition) is 4. The number of halogens is 1. The van der Waals surface area contributed by atoms with Crippen LogP contribution in [0.5, 0.6) is 0 Å². The fourth-order valence-electron chi connectivity index (χ4n) is 3.73. The van der Waals surface area contributed by atoms with E-state index in [0.29, 0.717) is 21.8 Å². The topological polar surface area (TPSA) is 68.2 Å². The van der Waals surface area contributed by atoms with E-state index >= 15 is 0 Å². The van der Waals surface area contributed by atoms with E-state index in [1.54, 1.807) is 34.9 Å². The molecule has 8 heteroatoms. The largest absolute Gasteiger partial charge is 0.308 e. The Labute approximate surface area is 196 Å². The van der Waals surface area contributed by atoms with Crippen molar-refractivity contribution < 1.29 is 8.42 Å². The summed E-state index contributed by atoms with van der Waals surface area (Å²) < 4.78 is 31.2. The van der Waals surface area contributed by atoms with Crippen molar-refractivity contribution in [1.29, 1.82) is 0 Å². The molecule has 4 rings (SSSR count). The molecule has 3 aromatic carbocycles. The molecule has 4 aromatic rings. The van der Waals surface area contributed by atoms with E-state index in [2.05, 4.69) is 4.72 Å². The molecular formula is C24H23ClN2O3S2. The highest BCUT2D eigenvalue weighted by Crippen LogP contribution is 2.25. The average Bonchev–Trinajstić information content (AvgIpc) is 3.05. The Balaban J connectivity index is 1.64. The maximum absolute atomic E-state index is 13.1. The molecular weight excluding hydrogens is 464 g/mol. The Morgan fingerprint density at radius 1 is 1.03 bits per heavy atom. The van der Waals surface area contributed by atoms with Crippen molar-refractivity contribution >= 4 is 43.2 Å². The van der Waals surface area contributed by atoms with Crippen LogP contribution < -0.4 is 9.60 Å². The van der Waals surface area contributed by atoms with Gasteiger partial charge < -0.3 is 0 Å². The van der Waals surface area contributed by atoms with Crippen LogP contribution in [0.2, 0.25) is 5.02 Å². The standard InChI is InChI=1S/C24H23ClN2O3S2/c1-15-4-5-16(2)21(12-15)17(3)26-32(29,30)20-10-11-22-23(13-20)31-24(28)27(22)14-18-6-8-19(25)9-7-18/h4-13,17,26H,14H2,1-3H3/t17-/m1/s1. The van der Waals surface area contributed by atoms with E-state index in [1.807, 2.05) is 51.1 Å². The zero-order chi connectivity index (χ0) is 23.0.